The van der Waals surface area contributed by atoms with Gasteiger partial charge in [-0.25, -0.2) is 0 Å². The van der Waals surface area contributed by atoms with E-state index in [1.54, 1.807) is 49.5 Å². The summed E-state index contributed by atoms with van der Waals surface area (Å²) in [6.07, 6.45) is 0. The van der Waals surface area contributed by atoms with E-state index >= 15 is 0 Å². The number of hydrogen-bond donors (Lipinski definition) is 2. The van der Waals surface area contributed by atoms with Gasteiger partial charge in [0, 0.05) is 19.7 Å². The minimum atomic E-state index is -0.378. The van der Waals surface area contributed by atoms with Crippen LogP contribution in [-0.4, -0.2) is 30.6 Å². The summed E-state index contributed by atoms with van der Waals surface area (Å²) in [6.45, 7) is 1.30. The molecule has 2 rings (SSSR count). The largest absolute Gasteiger partial charge is 0.506 e. The summed E-state index contributed by atoms with van der Waals surface area (Å²) in [6, 6.07) is 13.3. The maximum atomic E-state index is 11.8. The molecular formula is C17H18N2O4. The summed E-state index contributed by atoms with van der Waals surface area (Å²) in [5.41, 5.74) is 1.07. The molecule has 0 unspecified atom stereocenters. The summed E-state index contributed by atoms with van der Waals surface area (Å²) < 4.78 is 5.38. The first kappa shape index (κ1) is 16.4. The van der Waals surface area contributed by atoms with Gasteiger partial charge < -0.3 is 20.1 Å². The summed E-state index contributed by atoms with van der Waals surface area (Å²) in [4.78, 5) is 24.6. The Balaban J connectivity index is 1.89. The third kappa shape index (κ3) is 4.47. The molecule has 2 amide bonds. The fourth-order valence-electron chi connectivity index (χ4n) is 1.86. The number of phenolic OH excluding ortho intramolecular Hbond substituents is 1. The fraction of sp³-hybridized carbons (Fsp3) is 0.176. The monoisotopic (exact) mass is 314 g/mol. The molecule has 0 saturated carbocycles. The van der Waals surface area contributed by atoms with Gasteiger partial charge in [-0.1, -0.05) is 12.1 Å². The maximum Gasteiger partial charge on any atom is 0.262 e. The average molecular weight is 314 g/mol. The van der Waals surface area contributed by atoms with Gasteiger partial charge >= 0.3 is 0 Å². The molecule has 23 heavy (non-hydrogen) atoms. The van der Waals surface area contributed by atoms with Gasteiger partial charge in [0.25, 0.3) is 5.91 Å². The smallest absolute Gasteiger partial charge is 0.262 e. The van der Waals surface area contributed by atoms with Crippen molar-refractivity contribution in [1.29, 1.82) is 0 Å². The Morgan fingerprint density at radius 2 is 1.78 bits per heavy atom. The molecule has 0 aliphatic carbocycles. The van der Waals surface area contributed by atoms with Crippen molar-refractivity contribution >= 4 is 23.2 Å². The van der Waals surface area contributed by atoms with Gasteiger partial charge in [-0.05, 0) is 36.4 Å². The van der Waals surface area contributed by atoms with Crippen LogP contribution in [-0.2, 0) is 9.59 Å². The zero-order valence-electron chi connectivity index (χ0n) is 12.9. The van der Waals surface area contributed by atoms with Crippen LogP contribution in [0.5, 0.6) is 11.5 Å². The van der Waals surface area contributed by atoms with E-state index in [1.165, 1.54) is 17.9 Å². The Kier molecular flexibility index (Phi) is 5.19. The van der Waals surface area contributed by atoms with Crippen LogP contribution in [0.2, 0.25) is 0 Å². The number of nitrogens with zero attached hydrogens (tertiary/aromatic N) is 1. The number of anilines is 2. The Bertz CT molecular complexity index is 698. The highest BCUT2D eigenvalue weighted by molar-refractivity contribution is 5.93. The second-order valence-electron chi connectivity index (χ2n) is 4.93. The molecule has 2 N–H and O–H groups in total. The third-order valence-corrected chi connectivity index (χ3v) is 3.24. The molecule has 2 aromatic rings. The minimum Gasteiger partial charge on any atom is -0.506 e. The molecule has 0 heterocycles. The highest BCUT2D eigenvalue weighted by atomic mass is 16.5. The second kappa shape index (κ2) is 7.31. The zero-order chi connectivity index (χ0) is 16.8. The number of amides is 2. The van der Waals surface area contributed by atoms with Gasteiger partial charge in [0.2, 0.25) is 5.91 Å². The van der Waals surface area contributed by atoms with Crippen LogP contribution in [0, 0.1) is 0 Å². The van der Waals surface area contributed by atoms with Crippen LogP contribution in [0.3, 0.4) is 0 Å². The fourth-order valence-corrected chi connectivity index (χ4v) is 1.86. The number of rotatable bonds is 5. The van der Waals surface area contributed by atoms with Gasteiger partial charge in [-0.3, -0.25) is 9.59 Å². The number of carbonyl (C=O) groups excluding carboxylic acids is 2. The molecule has 6 nitrogen and oxygen atoms in total. The molecule has 6 heteroatoms. The number of benzene rings is 2. The van der Waals surface area contributed by atoms with E-state index in [0.29, 0.717) is 11.4 Å². The maximum absolute atomic E-state index is 11.8. The first-order chi connectivity index (χ1) is 11.0. The van der Waals surface area contributed by atoms with Crippen LogP contribution in [0.15, 0.2) is 48.5 Å². The number of ether oxygens (including phenoxy) is 1. The predicted molar refractivity (Wildman–Crippen MR) is 87.8 cm³/mol. The summed E-state index contributed by atoms with van der Waals surface area (Å²) >= 11 is 0. The third-order valence-electron chi connectivity index (χ3n) is 3.24. The zero-order valence-corrected chi connectivity index (χ0v) is 12.9. The Hall–Kier alpha value is -3.02. The molecule has 0 aromatic heterocycles. The van der Waals surface area contributed by atoms with Crippen molar-refractivity contribution in [3.63, 3.8) is 0 Å². The minimum absolute atomic E-state index is 0.00234. The molecule has 0 aliphatic rings. The lowest BCUT2D eigenvalue weighted by molar-refractivity contribution is -0.118. The van der Waals surface area contributed by atoms with Crippen LogP contribution in [0.25, 0.3) is 0 Å². The van der Waals surface area contributed by atoms with Crippen LogP contribution in [0.1, 0.15) is 6.92 Å². The molecule has 0 saturated heterocycles. The molecular weight excluding hydrogens is 296 g/mol. The van der Waals surface area contributed by atoms with E-state index in [4.69, 9.17) is 4.74 Å². The number of phenols is 1. The van der Waals surface area contributed by atoms with Gasteiger partial charge in [0.1, 0.15) is 11.5 Å². The van der Waals surface area contributed by atoms with E-state index in [0.717, 1.165) is 5.69 Å². The molecule has 0 spiro atoms. The Labute approximate surface area is 134 Å². The van der Waals surface area contributed by atoms with Crippen molar-refractivity contribution in [2.45, 2.75) is 6.92 Å². The molecule has 0 fully saturated rings. The molecule has 0 bridgehead atoms. The number of hydrogen-bond acceptors (Lipinski definition) is 4. The number of carbonyl (C=O) groups is 2. The molecule has 2 aromatic carbocycles. The van der Waals surface area contributed by atoms with E-state index in [1.807, 2.05) is 0 Å². The summed E-state index contributed by atoms with van der Waals surface area (Å²) in [5, 5.41) is 12.1. The highest BCUT2D eigenvalue weighted by Crippen LogP contribution is 2.22. The van der Waals surface area contributed by atoms with E-state index in [2.05, 4.69) is 5.32 Å². The lowest BCUT2D eigenvalue weighted by Gasteiger charge is -2.15. The van der Waals surface area contributed by atoms with Crippen molar-refractivity contribution in [3.05, 3.63) is 48.5 Å². The van der Waals surface area contributed by atoms with Gasteiger partial charge in [0.05, 0.1) is 5.69 Å². The first-order valence-corrected chi connectivity index (χ1v) is 7.02. The predicted octanol–water partition coefficient (Wildman–Crippen LogP) is 2.39. The average Bonchev–Trinajstić information content (AvgIpc) is 2.55. The quantitative estimate of drug-likeness (QED) is 0.831. The van der Waals surface area contributed by atoms with Crippen LogP contribution in [0.4, 0.5) is 11.4 Å². The summed E-state index contributed by atoms with van der Waals surface area (Å²) in [7, 11) is 1.68. The summed E-state index contributed by atoms with van der Waals surface area (Å²) in [5.74, 6) is 0.0627. The van der Waals surface area contributed by atoms with Gasteiger partial charge in [-0.15, -0.1) is 0 Å². The van der Waals surface area contributed by atoms with Gasteiger partial charge in [-0.2, -0.15) is 0 Å². The van der Waals surface area contributed by atoms with E-state index in [-0.39, 0.29) is 24.2 Å². The Morgan fingerprint density at radius 3 is 2.39 bits per heavy atom. The van der Waals surface area contributed by atoms with E-state index < -0.39 is 0 Å². The van der Waals surface area contributed by atoms with Crippen LogP contribution < -0.4 is 15.0 Å². The topological polar surface area (TPSA) is 78.9 Å². The lowest BCUT2D eigenvalue weighted by Crippen LogP contribution is -2.22. The number of para-hydroxylation sites is 2. The number of nitrogens with one attached hydrogen (secondary N) is 1. The Morgan fingerprint density at radius 1 is 1.13 bits per heavy atom. The van der Waals surface area contributed by atoms with Crippen molar-refractivity contribution in [1.82, 2.24) is 0 Å². The molecule has 120 valence electrons. The van der Waals surface area contributed by atoms with Gasteiger partial charge in [0.15, 0.2) is 6.61 Å². The normalized spacial score (nSPS) is 10.0. The van der Waals surface area contributed by atoms with Crippen molar-refractivity contribution < 1.29 is 19.4 Å². The standard InChI is InChI=1S/C17H18N2O4/c1-12(20)19(2)13-7-9-14(10-8-13)23-11-17(22)18-15-5-3-4-6-16(15)21/h3-10,21H,11H2,1-2H3,(H,18,22). The van der Waals surface area contributed by atoms with Crippen LogP contribution >= 0.6 is 0 Å². The second-order valence-corrected chi connectivity index (χ2v) is 4.93. The van der Waals surface area contributed by atoms with Crippen molar-refractivity contribution in [2.75, 3.05) is 23.9 Å². The number of aromatic hydroxyl groups is 1. The molecule has 0 radical (unpaired) electrons. The molecule has 0 aliphatic heterocycles. The van der Waals surface area contributed by atoms with E-state index in [9.17, 15) is 14.7 Å². The van der Waals surface area contributed by atoms with Crippen molar-refractivity contribution in [2.24, 2.45) is 0 Å². The van der Waals surface area contributed by atoms with Crippen molar-refractivity contribution in [3.8, 4) is 11.5 Å². The SMILES string of the molecule is CC(=O)N(C)c1ccc(OCC(=O)Nc2ccccc2O)cc1. The highest BCUT2D eigenvalue weighted by Gasteiger charge is 2.08. The lowest BCUT2D eigenvalue weighted by atomic mass is 10.3. The molecule has 0 atom stereocenters. The first-order valence-electron chi connectivity index (χ1n) is 7.02.